The third-order valence-corrected chi connectivity index (χ3v) is 3.16. The molecule has 2 N–H and O–H groups in total. The molecule has 0 amide bonds. The van der Waals surface area contributed by atoms with Gasteiger partial charge < -0.3 is 15.2 Å². The van der Waals surface area contributed by atoms with Crippen molar-refractivity contribution in [1.82, 2.24) is 4.98 Å². The molecule has 1 heterocycles. The first kappa shape index (κ1) is 17.4. The summed E-state index contributed by atoms with van der Waals surface area (Å²) in [6.07, 6.45) is 3.37. The number of carbonyl (C=O) groups excluding carboxylic acids is 1. The maximum Gasteiger partial charge on any atom is 0.344 e. The Morgan fingerprint density at radius 3 is 2.81 bits per heavy atom. The smallest absolute Gasteiger partial charge is 0.344 e. The number of ether oxygens (including phenoxy) is 2. The van der Waals surface area contributed by atoms with Gasteiger partial charge in [-0.2, -0.15) is 0 Å². The Bertz CT molecular complexity index is 449. The first-order valence-electron chi connectivity index (χ1n) is 7.57. The van der Waals surface area contributed by atoms with Crippen LogP contribution in [0, 0.1) is 6.92 Å². The molecule has 1 rings (SSSR count). The van der Waals surface area contributed by atoms with E-state index in [1.54, 1.807) is 0 Å². The van der Waals surface area contributed by atoms with Crippen molar-refractivity contribution in [3.63, 3.8) is 0 Å². The summed E-state index contributed by atoms with van der Waals surface area (Å²) in [5.41, 5.74) is 7.68. The van der Waals surface area contributed by atoms with Crippen molar-refractivity contribution in [2.75, 3.05) is 13.2 Å². The Morgan fingerprint density at radius 2 is 2.14 bits per heavy atom. The Balaban J connectivity index is 2.59. The molecule has 21 heavy (non-hydrogen) atoms. The van der Waals surface area contributed by atoms with E-state index in [1.807, 2.05) is 32.9 Å². The fraction of sp³-hybridized carbons (Fsp3) is 0.625. The Morgan fingerprint density at radius 1 is 1.38 bits per heavy atom. The maximum absolute atomic E-state index is 11.6. The fourth-order valence-electron chi connectivity index (χ4n) is 1.78. The second-order valence-corrected chi connectivity index (χ2v) is 5.13. The molecule has 0 saturated heterocycles. The van der Waals surface area contributed by atoms with Crippen LogP contribution in [0.5, 0.6) is 5.75 Å². The van der Waals surface area contributed by atoms with Gasteiger partial charge in [0.05, 0.1) is 12.3 Å². The first-order chi connectivity index (χ1) is 10.1. The van der Waals surface area contributed by atoms with Gasteiger partial charge in [-0.25, -0.2) is 4.79 Å². The number of pyridine rings is 1. The van der Waals surface area contributed by atoms with E-state index >= 15 is 0 Å². The molecule has 0 aliphatic carbocycles. The minimum Gasteiger partial charge on any atom is -0.480 e. The van der Waals surface area contributed by atoms with Crippen LogP contribution in [-0.4, -0.2) is 30.2 Å². The van der Waals surface area contributed by atoms with Crippen LogP contribution in [0.15, 0.2) is 12.1 Å². The van der Waals surface area contributed by atoms with Crippen molar-refractivity contribution in [3.05, 3.63) is 23.5 Å². The SMILES string of the molecule is CCCCOC(=O)COc1ccc(C)nc1CC(N)CC. The largest absolute Gasteiger partial charge is 0.480 e. The Kier molecular flexibility index (Phi) is 7.75. The van der Waals surface area contributed by atoms with Crippen molar-refractivity contribution in [2.45, 2.75) is 52.5 Å². The van der Waals surface area contributed by atoms with Crippen molar-refractivity contribution in [3.8, 4) is 5.75 Å². The molecule has 0 aliphatic rings. The first-order valence-corrected chi connectivity index (χ1v) is 7.57. The number of nitrogens with two attached hydrogens (primary N) is 1. The number of rotatable bonds is 9. The molecule has 1 atom stereocenters. The highest BCUT2D eigenvalue weighted by Crippen LogP contribution is 2.19. The van der Waals surface area contributed by atoms with Gasteiger partial charge in [-0.05, 0) is 31.9 Å². The Hall–Kier alpha value is -1.62. The number of aryl methyl sites for hydroxylation is 1. The lowest BCUT2D eigenvalue weighted by atomic mass is 10.1. The molecule has 1 aromatic rings. The molecule has 0 radical (unpaired) electrons. The van der Waals surface area contributed by atoms with Gasteiger partial charge in [-0.3, -0.25) is 4.98 Å². The van der Waals surface area contributed by atoms with Crippen LogP contribution >= 0.6 is 0 Å². The van der Waals surface area contributed by atoms with Crippen LogP contribution in [0.2, 0.25) is 0 Å². The topological polar surface area (TPSA) is 74.4 Å². The Labute approximate surface area is 126 Å². The minimum atomic E-state index is -0.352. The van der Waals surface area contributed by atoms with Crippen LogP contribution in [0.3, 0.4) is 0 Å². The quantitative estimate of drug-likeness (QED) is 0.559. The minimum absolute atomic E-state index is 0.0400. The summed E-state index contributed by atoms with van der Waals surface area (Å²) in [6, 6.07) is 3.73. The highest BCUT2D eigenvalue weighted by molar-refractivity contribution is 5.71. The zero-order valence-electron chi connectivity index (χ0n) is 13.2. The number of carbonyl (C=O) groups is 1. The molecule has 5 heteroatoms. The van der Waals surface area contributed by atoms with Gasteiger partial charge in [0.15, 0.2) is 6.61 Å². The zero-order valence-corrected chi connectivity index (χ0v) is 13.2. The second kappa shape index (κ2) is 9.34. The lowest BCUT2D eigenvalue weighted by Crippen LogP contribution is -2.23. The van der Waals surface area contributed by atoms with E-state index in [0.29, 0.717) is 18.8 Å². The summed E-state index contributed by atoms with van der Waals surface area (Å²) < 4.78 is 10.6. The van der Waals surface area contributed by atoms with Crippen molar-refractivity contribution in [2.24, 2.45) is 5.73 Å². The number of unbranched alkanes of at least 4 members (excludes halogenated alkanes) is 1. The summed E-state index contributed by atoms with van der Waals surface area (Å²) >= 11 is 0. The predicted molar refractivity (Wildman–Crippen MR) is 82.3 cm³/mol. The molecule has 0 aliphatic heterocycles. The molecule has 0 saturated carbocycles. The summed E-state index contributed by atoms with van der Waals surface area (Å²) in [5.74, 6) is 0.256. The predicted octanol–water partition coefficient (Wildman–Crippen LogP) is 2.39. The van der Waals surface area contributed by atoms with Gasteiger partial charge in [0.1, 0.15) is 5.75 Å². The van der Waals surface area contributed by atoms with Crippen molar-refractivity contribution >= 4 is 5.97 Å². The zero-order chi connectivity index (χ0) is 15.7. The molecule has 1 aromatic heterocycles. The van der Waals surface area contributed by atoms with E-state index in [4.69, 9.17) is 15.2 Å². The molecule has 0 spiro atoms. The molecular formula is C16H26N2O3. The highest BCUT2D eigenvalue weighted by Gasteiger charge is 2.12. The molecule has 1 unspecified atom stereocenters. The van der Waals surface area contributed by atoms with Gasteiger partial charge in [-0.1, -0.05) is 20.3 Å². The number of esters is 1. The van der Waals surface area contributed by atoms with Crippen LogP contribution in [0.25, 0.3) is 0 Å². The average molecular weight is 294 g/mol. The van der Waals surface area contributed by atoms with Crippen LogP contribution in [-0.2, 0) is 16.0 Å². The summed E-state index contributed by atoms with van der Waals surface area (Å²) in [4.78, 5) is 16.0. The third-order valence-electron chi connectivity index (χ3n) is 3.16. The second-order valence-electron chi connectivity index (χ2n) is 5.13. The molecule has 0 aromatic carbocycles. The lowest BCUT2D eigenvalue weighted by molar-refractivity contribution is -0.146. The summed E-state index contributed by atoms with van der Waals surface area (Å²) in [6.45, 7) is 6.35. The van der Waals surface area contributed by atoms with E-state index < -0.39 is 0 Å². The molecule has 0 fully saturated rings. The van der Waals surface area contributed by atoms with Gasteiger partial charge in [0.2, 0.25) is 0 Å². The van der Waals surface area contributed by atoms with E-state index in [0.717, 1.165) is 30.7 Å². The number of hydrogen-bond donors (Lipinski definition) is 1. The van der Waals surface area contributed by atoms with E-state index in [2.05, 4.69) is 4.98 Å². The van der Waals surface area contributed by atoms with Gasteiger partial charge in [-0.15, -0.1) is 0 Å². The number of aromatic nitrogens is 1. The van der Waals surface area contributed by atoms with Gasteiger partial charge in [0, 0.05) is 18.2 Å². The summed E-state index contributed by atoms with van der Waals surface area (Å²) in [5, 5.41) is 0. The van der Waals surface area contributed by atoms with E-state index in [-0.39, 0.29) is 18.6 Å². The summed E-state index contributed by atoms with van der Waals surface area (Å²) in [7, 11) is 0. The molecule has 5 nitrogen and oxygen atoms in total. The standard InChI is InChI=1S/C16H26N2O3/c1-4-6-9-20-16(19)11-21-15-8-7-12(3)18-14(15)10-13(17)5-2/h7-8,13H,4-6,9-11,17H2,1-3H3. The molecular weight excluding hydrogens is 268 g/mol. The monoisotopic (exact) mass is 294 g/mol. The maximum atomic E-state index is 11.6. The average Bonchev–Trinajstić information content (AvgIpc) is 2.46. The van der Waals surface area contributed by atoms with Crippen LogP contribution in [0.1, 0.15) is 44.5 Å². The number of hydrogen-bond acceptors (Lipinski definition) is 5. The van der Waals surface area contributed by atoms with Crippen molar-refractivity contribution in [1.29, 1.82) is 0 Å². The van der Waals surface area contributed by atoms with Crippen molar-refractivity contribution < 1.29 is 14.3 Å². The third kappa shape index (κ3) is 6.58. The lowest BCUT2D eigenvalue weighted by Gasteiger charge is -2.14. The number of nitrogens with zero attached hydrogens (tertiary/aromatic N) is 1. The fourth-order valence-corrected chi connectivity index (χ4v) is 1.78. The van der Waals surface area contributed by atoms with Crippen LogP contribution < -0.4 is 10.5 Å². The van der Waals surface area contributed by atoms with E-state index in [1.165, 1.54) is 0 Å². The highest BCUT2D eigenvalue weighted by atomic mass is 16.6. The van der Waals surface area contributed by atoms with Crippen LogP contribution in [0.4, 0.5) is 0 Å². The van der Waals surface area contributed by atoms with E-state index in [9.17, 15) is 4.79 Å². The normalized spacial score (nSPS) is 12.0. The van der Waals surface area contributed by atoms with Gasteiger partial charge >= 0.3 is 5.97 Å². The van der Waals surface area contributed by atoms with Gasteiger partial charge in [0.25, 0.3) is 0 Å². The molecule has 118 valence electrons. The molecule has 0 bridgehead atoms.